The standard InChI is InChI=1S/C8H9PS/c1-2-7-4-3-5-8(6-7)9-10/h3-6H,2H2,1H3. The fourth-order valence-electron chi connectivity index (χ4n) is 0.833. The normalized spacial score (nSPS) is 10.1. The second kappa shape index (κ2) is 3.80. The summed E-state index contributed by atoms with van der Waals surface area (Å²) in [4.78, 5) is 0. The smallest absolute Gasteiger partial charge is 0.0130 e. The molecule has 1 aromatic rings. The summed E-state index contributed by atoms with van der Waals surface area (Å²) in [5.74, 6) is 0. The van der Waals surface area contributed by atoms with Gasteiger partial charge in [0.2, 0.25) is 0 Å². The van der Waals surface area contributed by atoms with Crippen LogP contribution in [0.1, 0.15) is 12.5 Å². The van der Waals surface area contributed by atoms with Crippen molar-refractivity contribution in [3.05, 3.63) is 29.8 Å². The average Bonchev–Trinajstić information content (AvgIpc) is 2.05. The fourth-order valence-corrected chi connectivity index (χ4v) is 1.54. The maximum absolute atomic E-state index is 4.90. The van der Waals surface area contributed by atoms with Crippen LogP contribution >= 0.6 is 7.36 Å². The molecule has 1 aromatic carbocycles. The summed E-state index contributed by atoms with van der Waals surface area (Å²) in [6.07, 6.45) is 1.10. The second-order valence-electron chi connectivity index (χ2n) is 2.11. The van der Waals surface area contributed by atoms with Crippen molar-refractivity contribution in [2.75, 3.05) is 0 Å². The van der Waals surface area contributed by atoms with Crippen LogP contribution in [-0.2, 0) is 18.2 Å². The Morgan fingerprint density at radius 1 is 1.50 bits per heavy atom. The van der Waals surface area contributed by atoms with Crippen molar-refractivity contribution in [3.63, 3.8) is 0 Å². The van der Waals surface area contributed by atoms with Crippen molar-refractivity contribution >= 4 is 24.5 Å². The number of aryl methyl sites for hydroxylation is 1. The molecule has 0 aromatic heterocycles. The Bertz CT molecular complexity index is 232. The van der Waals surface area contributed by atoms with Gasteiger partial charge in [-0.1, -0.05) is 30.9 Å². The topological polar surface area (TPSA) is 0 Å². The predicted octanol–water partition coefficient (Wildman–Crippen LogP) is 2.28. The minimum Gasteiger partial charge on any atom is -0.0613 e. The Kier molecular flexibility index (Phi) is 2.98. The van der Waals surface area contributed by atoms with Crippen LogP contribution < -0.4 is 5.30 Å². The molecular weight excluding hydrogens is 159 g/mol. The molecule has 10 heavy (non-hydrogen) atoms. The molecular formula is C8H9PS. The zero-order chi connectivity index (χ0) is 7.40. The van der Waals surface area contributed by atoms with Crippen LogP contribution in [0, 0.1) is 0 Å². The molecule has 2 heteroatoms. The van der Waals surface area contributed by atoms with Gasteiger partial charge in [0, 0.05) is 12.7 Å². The van der Waals surface area contributed by atoms with E-state index in [0.29, 0.717) is 0 Å². The van der Waals surface area contributed by atoms with Crippen LogP contribution in [0.5, 0.6) is 0 Å². The summed E-state index contributed by atoms with van der Waals surface area (Å²) >= 11 is 4.90. The zero-order valence-electron chi connectivity index (χ0n) is 5.87. The molecule has 0 saturated carbocycles. The number of rotatable bonds is 2. The largest absolute Gasteiger partial charge is 0.0613 e. The van der Waals surface area contributed by atoms with Crippen LogP contribution in [-0.4, -0.2) is 0 Å². The quantitative estimate of drug-likeness (QED) is 0.610. The predicted molar refractivity (Wildman–Crippen MR) is 49.7 cm³/mol. The zero-order valence-corrected chi connectivity index (χ0v) is 7.58. The van der Waals surface area contributed by atoms with Crippen LogP contribution in [0.15, 0.2) is 24.3 Å². The van der Waals surface area contributed by atoms with E-state index < -0.39 is 0 Å². The Balaban J connectivity index is 2.98. The Morgan fingerprint density at radius 3 is 2.90 bits per heavy atom. The van der Waals surface area contributed by atoms with Crippen LogP contribution in [0.3, 0.4) is 0 Å². The molecule has 0 spiro atoms. The highest BCUT2D eigenvalue weighted by atomic mass is 32.4. The second-order valence-corrected chi connectivity index (χ2v) is 3.36. The van der Waals surface area contributed by atoms with E-state index in [2.05, 4.69) is 31.2 Å². The minimum atomic E-state index is 0.947. The molecule has 0 heterocycles. The number of benzene rings is 1. The lowest BCUT2D eigenvalue weighted by Gasteiger charge is -1.95. The molecule has 0 fully saturated rings. The summed E-state index contributed by atoms with van der Waals surface area (Å²) in [5, 5.41) is 1.23. The van der Waals surface area contributed by atoms with E-state index in [4.69, 9.17) is 11.8 Å². The van der Waals surface area contributed by atoms with Crippen molar-refractivity contribution in [2.45, 2.75) is 13.3 Å². The highest BCUT2D eigenvalue weighted by Gasteiger charge is 1.89. The molecule has 0 aliphatic rings. The third kappa shape index (κ3) is 1.86. The molecule has 0 amide bonds. The van der Waals surface area contributed by atoms with Gasteiger partial charge in [-0.3, -0.25) is 0 Å². The van der Waals surface area contributed by atoms with Gasteiger partial charge in [0.05, 0.1) is 0 Å². The van der Waals surface area contributed by atoms with Crippen molar-refractivity contribution in [3.8, 4) is 0 Å². The van der Waals surface area contributed by atoms with Gasteiger partial charge >= 0.3 is 0 Å². The van der Waals surface area contributed by atoms with E-state index in [1.807, 2.05) is 0 Å². The summed E-state index contributed by atoms with van der Waals surface area (Å²) in [6, 6.07) is 8.42. The van der Waals surface area contributed by atoms with Gasteiger partial charge < -0.3 is 0 Å². The van der Waals surface area contributed by atoms with Gasteiger partial charge in [-0.25, -0.2) is 0 Å². The Morgan fingerprint density at radius 2 is 2.30 bits per heavy atom. The molecule has 0 saturated heterocycles. The molecule has 0 nitrogen and oxygen atoms in total. The molecule has 0 aliphatic carbocycles. The molecule has 0 N–H and O–H groups in total. The van der Waals surface area contributed by atoms with E-state index in [1.165, 1.54) is 10.9 Å². The van der Waals surface area contributed by atoms with Crippen molar-refractivity contribution in [1.82, 2.24) is 0 Å². The van der Waals surface area contributed by atoms with E-state index in [1.54, 1.807) is 0 Å². The summed E-state index contributed by atoms with van der Waals surface area (Å²) in [7, 11) is 0.947. The molecule has 0 radical (unpaired) electrons. The van der Waals surface area contributed by atoms with Gasteiger partial charge in [-0.15, -0.1) is 0 Å². The SMILES string of the molecule is CCc1cccc(P=S)c1. The Labute approximate surface area is 68.1 Å². The lowest BCUT2D eigenvalue weighted by Crippen LogP contribution is -1.91. The monoisotopic (exact) mass is 168 g/mol. The Hall–Kier alpha value is -0.260. The number of hydrogen-bond acceptors (Lipinski definition) is 1. The van der Waals surface area contributed by atoms with E-state index in [-0.39, 0.29) is 0 Å². The van der Waals surface area contributed by atoms with Gasteiger partial charge in [0.15, 0.2) is 0 Å². The summed E-state index contributed by atoms with van der Waals surface area (Å²) in [5.41, 5.74) is 1.37. The highest BCUT2D eigenvalue weighted by molar-refractivity contribution is 7.99. The average molecular weight is 168 g/mol. The van der Waals surface area contributed by atoms with Crippen molar-refractivity contribution in [2.24, 2.45) is 0 Å². The van der Waals surface area contributed by atoms with E-state index in [9.17, 15) is 0 Å². The van der Waals surface area contributed by atoms with Crippen LogP contribution in [0.2, 0.25) is 0 Å². The van der Waals surface area contributed by atoms with Crippen molar-refractivity contribution < 1.29 is 0 Å². The highest BCUT2D eigenvalue weighted by Crippen LogP contribution is 2.01. The minimum absolute atomic E-state index is 0.947. The third-order valence-electron chi connectivity index (χ3n) is 1.42. The van der Waals surface area contributed by atoms with Gasteiger partial charge in [-0.05, 0) is 24.1 Å². The lowest BCUT2D eigenvalue weighted by molar-refractivity contribution is 1.14. The van der Waals surface area contributed by atoms with E-state index >= 15 is 0 Å². The first-order valence-electron chi connectivity index (χ1n) is 3.29. The van der Waals surface area contributed by atoms with Crippen LogP contribution in [0.25, 0.3) is 0 Å². The van der Waals surface area contributed by atoms with Crippen molar-refractivity contribution in [1.29, 1.82) is 0 Å². The van der Waals surface area contributed by atoms with Gasteiger partial charge in [0.25, 0.3) is 0 Å². The first-order chi connectivity index (χ1) is 4.86. The lowest BCUT2D eigenvalue weighted by atomic mass is 10.2. The maximum atomic E-state index is 4.90. The molecule has 1 rings (SSSR count). The first kappa shape index (κ1) is 7.84. The molecule has 0 bridgehead atoms. The van der Waals surface area contributed by atoms with E-state index in [0.717, 1.165) is 13.8 Å². The molecule has 0 unspecified atom stereocenters. The van der Waals surface area contributed by atoms with Crippen LogP contribution in [0.4, 0.5) is 0 Å². The maximum Gasteiger partial charge on any atom is 0.0130 e. The molecule has 0 atom stereocenters. The van der Waals surface area contributed by atoms with Gasteiger partial charge in [-0.2, -0.15) is 0 Å². The first-order valence-corrected chi connectivity index (χ1v) is 5.20. The summed E-state index contributed by atoms with van der Waals surface area (Å²) < 4.78 is 0. The molecule has 52 valence electrons. The number of hydrogen-bond donors (Lipinski definition) is 0. The summed E-state index contributed by atoms with van der Waals surface area (Å²) in [6.45, 7) is 2.15. The third-order valence-corrected chi connectivity index (χ3v) is 2.55. The fraction of sp³-hybridized carbons (Fsp3) is 0.250. The molecule has 0 aliphatic heterocycles. The van der Waals surface area contributed by atoms with Gasteiger partial charge in [0.1, 0.15) is 0 Å².